The van der Waals surface area contributed by atoms with Crippen molar-refractivity contribution in [3.8, 4) is 0 Å². The molecule has 0 N–H and O–H groups in total. The number of hydrogen-bond donors (Lipinski definition) is 0. The molecular weight excluding hydrogens is 247 g/mol. The van der Waals surface area contributed by atoms with Crippen molar-refractivity contribution in [2.24, 2.45) is 0 Å². The maximum atomic E-state index is 13.5. The molecule has 0 saturated heterocycles. The van der Waals surface area contributed by atoms with Crippen LogP contribution >= 0.6 is 22.9 Å². The smallest absolute Gasteiger partial charge is 0.168 e. The van der Waals surface area contributed by atoms with E-state index in [0.717, 1.165) is 0 Å². The maximum Gasteiger partial charge on any atom is 0.168 e. The zero-order valence-electron chi connectivity index (χ0n) is 8.24. The lowest BCUT2D eigenvalue weighted by Crippen LogP contribution is -2.04. The summed E-state index contributed by atoms with van der Waals surface area (Å²) >= 11 is 7.08. The van der Waals surface area contributed by atoms with Gasteiger partial charge in [-0.2, -0.15) is 11.3 Å². The van der Waals surface area contributed by atoms with E-state index in [1.54, 1.807) is 23.6 Å². The number of ketones is 1. The molecule has 1 nitrogen and oxygen atoms in total. The summed E-state index contributed by atoms with van der Waals surface area (Å²) in [6, 6.07) is 6.41. The summed E-state index contributed by atoms with van der Waals surface area (Å²) in [5.74, 6) is -0.602. The van der Waals surface area contributed by atoms with Gasteiger partial charge >= 0.3 is 0 Å². The van der Waals surface area contributed by atoms with Crippen LogP contribution in [-0.2, 0) is 6.42 Å². The Labute approximate surface area is 101 Å². The number of hydrogen-bond acceptors (Lipinski definition) is 2. The van der Waals surface area contributed by atoms with E-state index in [4.69, 9.17) is 11.6 Å². The van der Waals surface area contributed by atoms with E-state index in [9.17, 15) is 9.18 Å². The lowest BCUT2D eigenvalue weighted by atomic mass is 10.1. The molecule has 0 aliphatic carbocycles. The molecule has 16 heavy (non-hydrogen) atoms. The molecule has 2 rings (SSSR count). The fourth-order valence-electron chi connectivity index (χ4n) is 1.38. The van der Waals surface area contributed by atoms with Gasteiger partial charge in [0.25, 0.3) is 0 Å². The SMILES string of the molecule is O=C(Cc1cccc(Cl)c1F)c1ccsc1. The van der Waals surface area contributed by atoms with Crippen LogP contribution in [0, 0.1) is 5.82 Å². The first-order chi connectivity index (χ1) is 7.68. The summed E-state index contributed by atoms with van der Waals surface area (Å²) in [5, 5.41) is 3.63. The second kappa shape index (κ2) is 4.76. The summed E-state index contributed by atoms with van der Waals surface area (Å²) in [5.41, 5.74) is 0.952. The minimum atomic E-state index is -0.507. The van der Waals surface area contributed by atoms with Crippen molar-refractivity contribution < 1.29 is 9.18 Å². The zero-order chi connectivity index (χ0) is 11.5. The molecule has 1 heterocycles. The second-order valence-corrected chi connectivity index (χ2v) is 4.51. The number of carbonyl (C=O) groups excluding carboxylic acids is 1. The number of Topliss-reactive ketones (excluding diaryl/α,β-unsaturated/α-hetero) is 1. The van der Waals surface area contributed by atoms with Gasteiger partial charge in [0, 0.05) is 17.4 Å². The molecule has 0 amide bonds. The number of benzene rings is 1. The lowest BCUT2D eigenvalue weighted by molar-refractivity contribution is 0.0992. The third-order valence-corrected chi connectivity index (χ3v) is 3.20. The molecule has 0 saturated carbocycles. The Morgan fingerprint density at radius 1 is 1.38 bits per heavy atom. The fourth-order valence-corrected chi connectivity index (χ4v) is 2.24. The first-order valence-corrected chi connectivity index (χ1v) is 5.99. The van der Waals surface area contributed by atoms with Crippen molar-refractivity contribution >= 4 is 28.7 Å². The van der Waals surface area contributed by atoms with Gasteiger partial charge in [-0.25, -0.2) is 4.39 Å². The Hall–Kier alpha value is -1.19. The first-order valence-electron chi connectivity index (χ1n) is 4.67. The van der Waals surface area contributed by atoms with Crippen molar-refractivity contribution in [3.05, 3.63) is 57.0 Å². The van der Waals surface area contributed by atoms with Crippen LogP contribution in [0.2, 0.25) is 5.02 Å². The predicted octanol–water partition coefficient (Wildman–Crippen LogP) is 3.97. The standard InChI is InChI=1S/C12H8ClFOS/c13-10-3-1-2-8(12(10)14)6-11(15)9-4-5-16-7-9/h1-5,7H,6H2. The van der Waals surface area contributed by atoms with Crippen LogP contribution < -0.4 is 0 Å². The van der Waals surface area contributed by atoms with E-state index in [1.165, 1.54) is 17.4 Å². The van der Waals surface area contributed by atoms with Gasteiger partial charge in [0.15, 0.2) is 5.78 Å². The van der Waals surface area contributed by atoms with Crippen LogP contribution in [0.25, 0.3) is 0 Å². The molecule has 0 bridgehead atoms. The van der Waals surface area contributed by atoms with E-state index >= 15 is 0 Å². The monoisotopic (exact) mass is 254 g/mol. The molecular formula is C12H8ClFOS. The molecule has 0 fully saturated rings. The lowest BCUT2D eigenvalue weighted by Gasteiger charge is -2.02. The van der Waals surface area contributed by atoms with Gasteiger partial charge in [-0.1, -0.05) is 23.7 Å². The summed E-state index contributed by atoms with van der Waals surface area (Å²) in [4.78, 5) is 11.7. The van der Waals surface area contributed by atoms with Crippen molar-refractivity contribution in [2.45, 2.75) is 6.42 Å². The average molecular weight is 255 g/mol. The van der Waals surface area contributed by atoms with E-state index in [2.05, 4.69) is 0 Å². The molecule has 0 spiro atoms. The molecule has 82 valence electrons. The minimum absolute atomic E-state index is 0.0448. The Bertz CT molecular complexity index is 508. The van der Waals surface area contributed by atoms with Gasteiger partial charge in [0.05, 0.1) is 5.02 Å². The van der Waals surface area contributed by atoms with E-state index in [0.29, 0.717) is 11.1 Å². The molecule has 0 unspecified atom stereocenters. The highest BCUT2D eigenvalue weighted by molar-refractivity contribution is 7.08. The summed E-state index contributed by atoms with van der Waals surface area (Å²) in [7, 11) is 0. The number of thiophene rings is 1. The highest BCUT2D eigenvalue weighted by Gasteiger charge is 2.12. The largest absolute Gasteiger partial charge is 0.294 e. The van der Waals surface area contributed by atoms with Crippen LogP contribution in [0.5, 0.6) is 0 Å². The Morgan fingerprint density at radius 3 is 2.88 bits per heavy atom. The van der Waals surface area contributed by atoms with Crippen molar-refractivity contribution in [2.75, 3.05) is 0 Å². The average Bonchev–Trinajstić information content (AvgIpc) is 2.78. The van der Waals surface area contributed by atoms with Gasteiger partial charge in [-0.05, 0) is 23.1 Å². The molecule has 4 heteroatoms. The Kier molecular flexibility index (Phi) is 3.36. The van der Waals surface area contributed by atoms with Gasteiger partial charge < -0.3 is 0 Å². The number of carbonyl (C=O) groups is 1. The van der Waals surface area contributed by atoms with Gasteiger partial charge in [-0.3, -0.25) is 4.79 Å². The maximum absolute atomic E-state index is 13.5. The molecule has 2 aromatic rings. The van der Waals surface area contributed by atoms with Gasteiger partial charge in [0.2, 0.25) is 0 Å². The molecule has 1 aromatic carbocycles. The Morgan fingerprint density at radius 2 is 2.19 bits per heavy atom. The summed E-state index contributed by atoms with van der Waals surface area (Å²) in [6.07, 6.45) is 0.0448. The molecule has 0 atom stereocenters. The van der Waals surface area contributed by atoms with E-state index in [1.807, 2.05) is 5.38 Å². The molecule has 0 aliphatic heterocycles. The van der Waals surface area contributed by atoms with Crippen LogP contribution in [0.4, 0.5) is 4.39 Å². The number of halogens is 2. The van der Waals surface area contributed by atoms with Gasteiger partial charge in [0.1, 0.15) is 5.82 Å². The first kappa shape index (κ1) is 11.3. The van der Waals surface area contributed by atoms with Crippen LogP contribution in [0.15, 0.2) is 35.0 Å². The zero-order valence-corrected chi connectivity index (χ0v) is 9.82. The van der Waals surface area contributed by atoms with Crippen molar-refractivity contribution in [1.82, 2.24) is 0 Å². The Balaban J connectivity index is 2.22. The van der Waals surface area contributed by atoms with Crippen LogP contribution in [0.3, 0.4) is 0 Å². The highest BCUT2D eigenvalue weighted by Crippen LogP contribution is 2.19. The normalized spacial score (nSPS) is 10.4. The van der Waals surface area contributed by atoms with E-state index < -0.39 is 5.82 Å². The second-order valence-electron chi connectivity index (χ2n) is 3.32. The van der Waals surface area contributed by atoms with Crippen molar-refractivity contribution in [3.63, 3.8) is 0 Å². The predicted molar refractivity (Wildman–Crippen MR) is 63.8 cm³/mol. The van der Waals surface area contributed by atoms with Crippen molar-refractivity contribution in [1.29, 1.82) is 0 Å². The highest BCUT2D eigenvalue weighted by atomic mass is 35.5. The van der Waals surface area contributed by atoms with Gasteiger partial charge in [-0.15, -0.1) is 0 Å². The van der Waals surface area contributed by atoms with E-state index in [-0.39, 0.29) is 17.2 Å². The molecule has 0 radical (unpaired) electrons. The quantitative estimate of drug-likeness (QED) is 0.758. The summed E-state index contributed by atoms with van der Waals surface area (Å²) in [6.45, 7) is 0. The fraction of sp³-hybridized carbons (Fsp3) is 0.0833. The minimum Gasteiger partial charge on any atom is -0.294 e. The summed E-state index contributed by atoms with van der Waals surface area (Å²) < 4.78 is 13.5. The van der Waals surface area contributed by atoms with Crippen LogP contribution in [-0.4, -0.2) is 5.78 Å². The topological polar surface area (TPSA) is 17.1 Å². The molecule has 0 aliphatic rings. The number of rotatable bonds is 3. The third-order valence-electron chi connectivity index (χ3n) is 2.23. The molecule has 1 aromatic heterocycles. The third kappa shape index (κ3) is 2.31. The van der Waals surface area contributed by atoms with Crippen LogP contribution in [0.1, 0.15) is 15.9 Å².